The molecule has 0 aliphatic heterocycles. The smallest absolute Gasteiger partial charge is 0.361 e. The van der Waals surface area contributed by atoms with Crippen LogP contribution in [0.4, 0.5) is 13.2 Å². The average molecular weight is 182 g/mol. The number of hydrogen-bond donors (Lipinski definition) is 1. The minimum atomic E-state index is -4.26. The van der Waals surface area contributed by atoms with E-state index in [1.165, 1.54) is 4.90 Å². The normalized spacial score (nSPS) is 11.4. The van der Waals surface area contributed by atoms with E-state index in [9.17, 15) is 13.2 Å². The van der Waals surface area contributed by atoms with Gasteiger partial charge in [-0.2, -0.15) is 13.2 Å². The lowest BCUT2D eigenvalue weighted by Gasteiger charge is -2.22. The summed E-state index contributed by atoms with van der Waals surface area (Å²) in [6.45, 7) is 4.36. The summed E-state index contributed by atoms with van der Waals surface area (Å²) in [4.78, 5) is 1.38. The molecule has 0 aromatic carbocycles. The van der Waals surface area contributed by atoms with Gasteiger partial charge in [0.25, 0.3) is 0 Å². The van der Waals surface area contributed by atoms with E-state index in [0.717, 1.165) is 0 Å². The minimum Gasteiger partial charge on any atom is -0.361 e. The Balaban J connectivity index is 4.02. The van der Waals surface area contributed by atoms with Crippen molar-refractivity contribution < 1.29 is 13.2 Å². The Morgan fingerprint density at radius 2 is 1.67 bits per heavy atom. The number of halogens is 3. The van der Waals surface area contributed by atoms with Gasteiger partial charge in [0.05, 0.1) is 0 Å². The van der Waals surface area contributed by atoms with Crippen LogP contribution in [0.2, 0.25) is 0 Å². The second-order valence-corrected chi connectivity index (χ2v) is 2.41. The lowest BCUT2D eigenvalue weighted by Crippen LogP contribution is -2.33. The summed E-state index contributed by atoms with van der Waals surface area (Å²) in [5.41, 5.74) is 0. The monoisotopic (exact) mass is 182 g/mol. The molecule has 0 rings (SSSR count). The van der Waals surface area contributed by atoms with Crippen molar-refractivity contribution in [2.45, 2.75) is 26.4 Å². The molecule has 0 aliphatic rings. The highest BCUT2D eigenvalue weighted by molar-refractivity contribution is 5.79. The number of amidine groups is 1. The van der Waals surface area contributed by atoms with E-state index in [4.69, 9.17) is 5.41 Å². The van der Waals surface area contributed by atoms with Crippen LogP contribution in [0.1, 0.15) is 20.3 Å². The zero-order chi connectivity index (χ0) is 9.78. The number of nitrogens with zero attached hydrogens (tertiary/aromatic N) is 1. The summed E-state index contributed by atoms with van der Waals surface area (Å²) in [5, 5.41) is 7.11. The Labute approximate surface area is 69.9 Å². The lowest BCUT2D eigenvalue weighted by atomic mass is 10.3. The maximum Gasteiger partial charge on any atom is 0.396 e. The van der Waals surface area contributed by atoms with Crippen LogP contribution >= 0.6 is 0 Å². The fourth-order valence-electron chi connectivity index (χ4n) is 0.907. The van der Waals surface area contributed by atoms with Crippen molar-refractivity contribution in [3.63, 3.8) is 0 Å². The fraction of sp³-hybridized carbons (Fsp3) is 0.857. The number of nitrogens with one attached hydrogen (secondary N) is 1. The molecule has 0 unspecified atom stereocenters. The third-order valence-corrected chi connectivity index (χ3v) is 1.51. The standard InChI is InChI=1S/C7H13F3N2/c1-3-12(4-2)6(11)5-7(8,9)10/h11H,3-5H2,1-2H3. The second kappa shape index (κ2) is 4.33. The van der Waals surface area contributed by atoms with E-state index in [1.807, 2.05) is 0 Å². The topological polar surface area (TPSA) is 27.1 Å². The number of alkyl halides is 3. The first-order valence-corrected chi connectivity index (χ1v) is 3.79. The van der Waals surface area contributed by atoms with Crippen molar-refractivity contribution >= 4 is 5.84 Å². The second-order valence-electron chi connectivity index (χ2n) is 2.41. The van der Waals surface area contributed by atoms with E-state index in [0.29, 0.717) is 13.1 Å². The third kappa shape index (κ3) is 4.20. The van der Waals surface area contributed by atoms with Gasteiger partial charge in [0.2, 0.25) is 0 Å². The minimum absolute atomic E-state index is 0.354. The van der Waals surface area contributed by atoms with Crippen molar-refractivity contribution in [3.05, 3.63) is 0 Å². The molecule has 5 heteroatoms. The summed E-state index contributed by atoms with van der Waals surface area (Å²) in [6, 6.07) is 0. The van der Waals surface area contributed by atoms with Crippen LogP contribution in [-0.2, 0) is 0 Å². The SMILES string of the molecule is CCN(CC)C(=N)CC(F)(F)F. The van der Waals surface area contributed by atoms with Crippen LogP contribution in [0.5, 0.6) is 0 Å². The molecule has 0 radical (unpaired) electrons. The number of hydrogen-bond acceptors (Lipinski definition) is 1. The van der Waals surface area contributed by atoms with Gasteiger partial charge in [0.1, 0.15) is 12.3 Å². The van der Waals surface area contributed by atoms with Gasteiger partial charge in [-0.1, -0.05) is 0 Å². The molecular weight excluding hydrogens is 169 g/mol. The summed E-state index contributed by atoms with van der Waals surface area (Å²) < 4.78 is 35.3. The van der Waals surface area contributed by atoms with Crippen LogP contribution in [0.15, 0.2) is 0 Å². The zero-order valence-electron chi connectivity index (χ0n) is 7.20. The Bertz CT molecular complexity index is 149. The summed E-state index contributed by atoms with van der Waals surface area (Å²) in [5.74, 6) is -0.354. The van der Waals surface area contributed by atoms with E-state index in [1.54, 1.807) is 13.8 Å². The van der Waals surface area contributed by atoms with Gasteiger partial charge in [-0.05, 0) is 13.8 Å². The van der Waals surface area contributed by atoms with E-state index in [-0.39, 0.29) is 5.84 Å². The third-order valence-electron chi connectivity index (χ3n) is 1.51. The van der Waals surface area contributed by atoms with Crippen LogP contribution in [0.25, 0.3) is 0 Å². The van der Waals surface area contributed by atoms with Crippen LogP contribution in [0, 0.1) is 5.41 Å². The number of rotatable bonds is 3. The molecule has 12 heavy (non-hydrogen) atoms. The van der Waals surface area contributed by atoms with Gasteiger partial charge in [-0.3, -0.25) is 5.41 Å². The van der Waals surface area contributed by atoms with E-state index >= 15 is 0 Å². The van der Waals surface area contributed by atoms with Gasteiger partial charge in [0, 0.05) is 13.1 Å². The first-order valence-electron chi connectivity index (χ1n) is 3.79. The van der Waals surface area contributed by atoms with E-state index in [2.05, 4.69) is 0 Å². The highest BCUT2D eigenvalue weighted by Gasteiger charge is 2.30. The Morgan fingerprint density at radius 1 is 1.25 bits per heavy atom. The molecule has 2 nitrogen and oxygen atoms in total. The molecule has 0 bridgehead atoms. The molecule has 1 N–H and O–H groups in total. The summed E-state index contributed by atoms with van der Waals surface area (Å²) >= 11 is 0. The maximum atomic E-state index is 11.8. The summed E-state index contributed by atoms with van der Waals surface area (Å²) in [7, 11) is 0. The Hall–Kier alpha value is -0.740. The van der Waals surface area contributed by atoms with E-state index < -0.39 is 12.6 Å². The predicted octanol–water partition coefficient (Wildman–Crippen LogP) is 2.26. The fourth-order valence-corrected chi connectivity index (χ4v) is 0.907. The maximum absolute atomic E-state index is 11.8. The van der Waals surface area contributed by atoms with Crippen LogP contribution in [-0.4, -0.2) is 30.0 Å². The van der Waals surface area contributed by atoms with Crippen LogP contribution < -0.4 is 0 Å². The van der Waals surface area contributed by atoms with Gasteiger partial charge in [0.15, 0.2) is 0 Å². The van der Waals surface area contributed by atoms with Crippen molar-refractivity contribution in [3.8, 4) is 0 Å². The van der Waals surface area contributed by atoms with Crippen LogP contribution in [0.3, 0.4) is 0 Å². The molecule has 0 amide bonds. The van der Waals surface area contributed by atoms with Gasteiger partial charge in [-0.25, -0.2) is 0 Å². The van der Waals surface area contributed by atoms with Gasteiger partial charge >= 0.3 is 6.18 Å². The molecule has 0 aliphatic carbocycles. The van der Waals surface area contributed by atoms with Crippen molar-refractivity contribution in [1.29, 1.82) is 5.41 Å². The molecule has 72 valence electrons. The Morgan fingerprint density at radius 3 is 1.92 bits per heavy atom. The molecule has 0 fully saturated rings. The quantitative estimate of drug-likeness (QED) is 0.526. The highest BCUT2D eigenvalue weighted by atomic mass is 19.4. The lowest BCUT2D eigenvalue weighted by molar-refractivity contribution is -0.122. The molecule has 0 atom stereocenters. The Kier molecular flexibility index (Phi) is 4.06. The largest absolute Gasteiger partial charge is 0.396 e. The molecule has 0 heterocycles. The van der Waals surface area contributed by atoms with Gasteiger partial charge in [-0.15, -0.1) is 0 Å². The first kappa shape index (κ1) is 11.3. The van der Waals surface area contributed by atoms with Crippen molar-refractivity contribution in [1.82, 2.24) is 4.90 Å². The van der Waals surface area contributed by atoms with Crippen molar-refractivity contribution in [2.75, 3.05) is 13.1 Å². The average Bonchev–Trinajstić information content (AvgIpc) is 1.85. The first-order chi connectivity index (χ1) is 5.40. The molecule has 0 saturated heterocycles. The molecule has 0 aromatic heterocycles. The molecule has 0 saturated carbocycles. The molecule has 0 aromatic rings. The molecular formula is C7H13F3N2. The van der Waals surface area contributed by atoms with Crippen molar-refractivity contribution in [2.24, 2.45) is 0 Å². The van der Waals surface area contributed by atoms with Gasteiger partial charge < -0.3 is 4.90 Å². The summed E-state index contributed by atoms with van der Waals surface area (Å²) in [6.07, 6.45) is -5.39. The predicted molar refractivity (Wildman–Crippen MR) is 41.3 cm³/mol. The molecule has 0 spiro atoms. The highest BCUT2D eigenvalue weighted by Crippen LogP contribution is 2.20. The zero-order valence-corrected chi connectivity index (χ0v) is 7.20.